The van der Waals surface area contributed by atoms with Gasteiger partial charge < -0.3 is 5.32 Å². The highest BCUT2D eigenvalue weighted by molar-refractivity contribution is 7.87. The molecule has 3 rings (SSSR count). The molecule has 1 aliphatic carbocycles. The molecule has 1 saturated carbocycles. The monoisotopic (exact) mass is 415 g/mol. The zero-order valence-corrected chi connectivity index (χ0v) is 17.8. The predicted octanol–water partition coefficient (Wildman–Crippen LogP) is 4.10. The number of anilines is 1. The van der Waals surface area contributed by atoms with Crippen LogP contribution in [0, 0.1) is 0 Å². The Labute approximate surface area is 173 Å². The maximum atomic E-state index is 12.8. The van der Waals surface area contributed by atoms with Crippen LogP contribution in [0.4, 0.5) is 5.69 Å². The van der Waals surface area contributed by atoms with Crippen LogP contribution in [0.15, 0.2) is 54.6 Å². The number of amides is 1. The molecule has 7 heteroatoms. The highest BCUT2D eigenvalue weighted by Gasteiger charge is 2.28. The summed E-state index contributed by atoms with van der Waals surface area (Å²) in [5.41, 5.74) is 1.99. The molecule has 2 aromatic carbocycles. The van der Waals surface area contributed by atoms with Gasteiger partial charge in [0.2, 0.25) is 0 Å². The van der Waals surface area contributed by atoms with Crippen LogP contribution >= 0.6 is 0 Å². The highest BCUT2D eigenvalue weighted by atomic mass is 32.2. The Hall–Kier alpha value is -2.22. The van der Waals surface area contributed by atoms with E-state index in [0.717, 1.165) is 31.2 Å². The van der Waals surface area contributed by atoms with E-state index in [-0.39, 0.29) is 11.9 Å². The van der Waals surface area contributed by atoms with Crippen LogP contribution < -0.4 is 10.0 Å². The quantitative estimate of drug-likeness (QED) is 0.715. The molecule has 0 spiro atoms. The van der Waals surface area contributed by atoms with Crippen molar-refractivity contribution in [1.82, 2.24) is 9.03 Å². The lowest BCUT2D eigenvalue weighted by molar-refractivity contribution is 0.102. The molecule has 0 bridgehead atoms. The van der Waals surface area contributed by atoms with E-state index >= 15 is 0 Å². The van der Waals surface area contributed by atoms with Crippen LogP contribution in [-0.2, 0) is 10.2 Å². The zero-order chi connectivity index (χ0) is 20.9. The average molecular weight is 416 g/mol. The van der Waals surface area contributed by atoms with E-state index in [1.807, 2.05) is 37.3 Å². The SMILES string of the molecule is CC(NS(=O)(=O)N(C)C1CCCCC1)c1cccc(NC(=O)c2ccccc2)c1. The van der Waals surface area contributed by atoms with Crippen molar-refractivity contribution in [2.45, 2.75) is 51.1 Å². The second kappa shape index (κ2) is 9.52. The summed E-state index contributed by atoms with van der Waals surface area (Å²) in [5, 5.41) is 2.86. The van der Waals surface area contributed by atoms with Gasteiger partial charge in [-0.3, -0.25) is 4.79 Å². The first kappa shape index (κ1) is 21.5. The van der Waals surface area contributed by atoms with Gasteiger partial charge in [0.25, 0.3) is 16.1 Å². The van der Waals surface area contributed by atoms with Gasteiger partial charge in [-0.05, 0) is 49.6 Å². The first-order chi connectivity index (χ1) is 13.9. The minimum Gasteiger partial charge on any atom is -0.322 e. The second-order valence-electron chi connectivity index (χ2n) is 7.60. The summed E-state index contributed by atoms with van der Waals surface area (Å²) in [5.74, 6) is -0.201. The third kappa shape index (κ3) is 5.65. The maximum Gasteiger partial charge on any atom is 0.279 e. The standard InChI is InChI=1S/C22H29N3O3S/c1-17(24-29(27,28)25(2)21-14-7-4-8-15-21)19-12-9-13-20(16-19)23-22(26)18-10-5-3-6-11-18/h3,5-6,9-13,16-17,21,24H,4,7-8,14-15H2,1-2H3,(H,23,26). The Morgan fingerprint density at radius 3 is 2.41 bits per heavy atom. The summed E-state index contributed by atoms with van der Waals surface area (Å²) < 4.78 is 29.9. The van der Waals surface area contributed by atoms with Gasteiger partial charge in [0, 0.05) is 30.4 Å². The molecule has 0 aromatic heterocycles. The topological polar surface area (TPSA) is 78.5 Å². The van der Waals surface area contributed by atoms with Crippen LogP contribution in [0.2, 0.25) is 0 Å². The fourth-order valence-corrected chi connectivity index (χ4v) is 5.05. The van der Waals surface area contributed by atoms with E-state index in [0.29, 0.717) is 11.3 Å². The van der Waals surface area contributed by atoms with Crippen molar-refractivity contribution in [3.63, 3.8) is 0 Å². The second-order valence-corrected chi connectivity index (χ2v) is 9.36. The van der Waals surface area contributed by atoms with Gasteiger partial charge in [-0.25, -0.2) is 0 Å². The summed E-state index contributed by atoms with van der Waals surface area (Å²) in [6, 6.07) is 15.9. The van der Waals surface area contributed by atoms with Gasteiger partial charge in [0.05, 0.1) is 0 Å². The first-order valence-corrected chi connectivity index (χ1v) is 11.5. The van der Waals surface area contributed by atoms with E-state index in [4.69, 9.17) is 0 Å². The molecule has 1 fully saturated rings. The van der Waals surface area contributed by atoms with Gasteiger partial charge in [0.15, 0.2) is 0 Å². The smallest absolute Gasteiger partial charge is 0.279 e. The Kier molecular flexibility index (Phi) is 7.05. The Morgan fingerprint density at radius 1 is 1.03 bits per heavy atom. The molecule has 29 heavy (non-hydrogen) atoms. The van der Waals surface area contributed by atoms with Crippen LogP contribution in [0.25, 0.3) is 0 Å². The van der Waals surface area contributed by atoms with E-state index in [9.17, 15) is 13.2 Å². The van der Waals surface area contributed by atoms with Crippen LogP contribution in [0.5, 0.6) is 0 Å². The van der Waals surface area contributed by atoms with E-state index < -0.39 is 16.3 Å². The third-order valence-electron chi connectivity index (χ3n) is 5.47. The minimum atomic E-state index is -3.59. The van der Waals surface area contributed by atoms with Crippen molar-refractivity contribution >= 4 is 21.8 Å². The molecule has 2 aromatic rings. The van der Waals surface area contributed by atoms with Crippen LogP contribution in [0.1, 0.15) is 61.0 Å². The lowest BCUT2D eigenvalue weighted by Crippen LogP contribution is -2.45. The third-order valence-corrected chi connectivity index (χ3v) is 7.18. The zero-order valence-electron chi connectivity index (χ0n) is 17.0. The van der Waals surface area contributed by atoms with Gasteiger partial charge >= 0.3 is 0 Å². The summed E-state index contributed by atoms with van der Waals surface area (Å²) in [6.07, 6.45) is 5.14. The van der Waals surface area contributed by atoms with E-state index in [1.165, 1.54) is 10.7 Å². The van der Waals surface area contributed by atoms with Gasteiger partial charge in [-0.2, -0.15) is 17.4 Å². The molecule has 1 atom stereocenters. The predicted molar refractivity (Wildman–Crippen MR) is 116 cm³/mol. The maximum absolute atomic E-state index is 12.8. The summed E-state index contributed by atoms with van der Waals surface area (Å²) in [7, 11) is -1.94. The summed E-state index contributed by atoms with van der Waals surface area (Å²) in [6.45, 7) is 1.81. The van der Waals surface area contributed by atoms with Crippen molar-refractivity contribution < 1.29 is 13.2 Å². The van der Waals surface area contributed by atoms with Crippen LogP contribution in [-0.4, -0.2) is 31.7 Å². The van der Waals surface area contributed by atoms with Crippen molar-refractivity contribution in [2.24, 2.45) is 0 Å². The molecule has 0 heterocycles. The molecule has 2 N–H and O–H groups in total. The molecular formula is C22H29N3O3S. The number of hydrogen-bond acceptors (Lipinski definition) is 3. The molecule has 6 nitrogen and oxygen atoms in total. The normalized spacial score (nSPS) is 16.5. The van der Waals surface area contributed by atoms with Crippen LogP contribution in [0.3, 0.4) is 0 Å². The number of nitrogens with one attached hydrogen (secondary N) is 2. The first-order valence-electron chi connectivity index (χ1n) is 10.1. The Balaban J connectivity index is 1.67. The summed E-state index contributed by atoms with van der Waals surface area (Å²) >= 11 is 0. The molecule has 0 radical (unpaired) electrons. The largest absolute Gasteiger partial charge is 0.322 e. The number of hydrogen-bond donors (Lipinski definition) is 2. The fraction of sp³-hybridized carbons (Fsp3) is 0.409. The number of rotatable bonds is 7. The van der Waals surface area contributed by atoms with E-state index in [2.05, 4.69) is 10.0 Å². The molecule has 1 aliphatic rings. The van der Waals surface area contributed by atoms with Crippen molar-refractivity contribution in [2.75, 3.05) is 12.4 Å². The number of carbonyl (C=O) groups is 1. The minimum absolute atomic E-state index is 0.0601. The molecular weight excluding hydrogens is 386 g/mol. The number of carbonyl (C=O) groups excluding carboxylic acids is 1. The Morgan fingerprint density at radius 2 is 1.72 bits per heavy atom. The van der Waals surface area contributed by atoms with Crippen molar-refractivity contribution in [1.29, 1.82) is 0 Å². The lowest BCUT2D eigenvalue weighted by atomic mass is 9.96. The highest BCUT2D eigenvalue weighted by Crippen LogP contribution is 2.25. The van der Waals surface area contributed by atoms with E-state index in [1.54, 1.807) is 31.3 Å². The Bertz CT molecular complexity index is 925. The number of nitrogens with zero attached hydrogens (tertiary/aromatic N) is 1. The molecule has 1 amide bonds. The van der Waals surface area contributed by atoms with Crippen molar-refractivity contribution in [3.05, 3.63) is 65.7 Å². The van der Waals surface area contributed by atoms with Gasteiger partial charge in [-0.1, -0.05) is 49.6 Å². The van der Waals surface area contributed by atoms with Gasteiger partial charge in [-0.15, -0.1) is 0 Å². The number of benzene rings is 2. The fourth-order valence-electron chi connectivity index (χ4n) is 3.69. The lowest BCUT2D eigenvalue weighted by Gasteiger charge is -2.31. The molecule has 156 valence electrons. The molecule has 0 aliphatic heterocycles. The van der Waals surface area contributed by atoms with Gasteiger partial charge in [0.1, 0.15) is 0 Å². The summed E-state index contributed by atoms with van der Waals surface area (Å²) in [4.78, 5) is 12.4. The molecule has 1 unspecified atom stereocenters. The average Bonchev–Trinajstić information content (AvgIpc) is 2.74. The molecule has 0 saturated heterocycles. The van der Waals surface area contributed by atoms with Crippen molar-refractivity contribution in [3.8, 4) is 0 Å².